The van der Waals surface area contributed by atoms with Gasteiger partial charge in [0.1, 0.15) is 4.83 Å². The van der Waals surface area contributed by atoms with Crippen molar-refractivity contribution in [3.63, 3.8) is 0 Å². The summed E-state index contributed by atoms with van der Waals surface area (Å²) in [4.78, 5) is 31.5. The third-order valence-corrected chi connectivity index (χ3v) is 6.41. The lowest BCUT2D eigenvalue weighted by molar-refractivity contribution is -0.139. The number of hydrogen-bond donors (Lipinski definition) is 0. The molecule has 0 saturated heterocycles. The topological polar surface area (TPSA) is 61.2 Å². The minimum Gasteiger partial charge on any atom is -0.465 e. The van der Waals surface area contributed by atoms with Gasteiger partial charge in [0.15, 0.2) is 5.16 Å². The van der Waals surface area contributed by atoms with E-state index in [1.165, 1.54) is 22.2 Å². The first-order valence-electron chi connectivity index (χ1n) is 8.49. The fraction of sp³-hybridized carbons (Fsp3) is 0.500. The molecular formula is C18H22N2O3S2. The van der Waals surface area contributed by atoms with Crippen LogP contribution in [0.1, 0.15) is 30.7 Å². The van der Waals surface area contributed by atoms with Crippen LogP contribution in [0.15, 0.2) is 22.6 Å². The molecule has 0 aliphatic heterocycles. The molecule has 0 spiro atoms. The zero-order chi connectivity index (χ0) is 18.0. The van der Waals surface area contributed by atoms with Crippen LogP contribution in [0.4, 0.5) is 0 Å². The molecule has 0 bridgehead atoms. The molecule has 0 amide bonds. The van der Waals surface area contributed by atoms with Crippen molar-refractivity contribution in [3.05, 3.63) is 33.4 Å². The molecular weight excluding hydrogens is 356 g/mol. The summed E-state index contributed by atoms with van der Waals surface area (Å²) in [5, 5.41) is 1.31. The lowest BCUT2D eigenvalue weighted by Gasteiger charge is -2.17. The van der Waals surface area contributed by atoms with Gasteiger partial charge >= 0.3 is 5.97 Å². The normalized spacial score (nSPS) is 16.6. The molecule has 1 aliphatic carbocycles. The van der Waals surface area contributed by atoms with Gasteiger partial charge in [0.2, 0.25) is 0 Å². The molecule has 2 aromatic rings. The molecule has 2 aromatic heterocycles. The molecule has 1 aliphatic rings. The van der Waals surface area contributed by atoms with Crippen LogP contribution in [0.5, 0.6) is 0 Å². The lowest BCUT2D eigenvalue weighted by atomic mass is 9.89. The van der Waals surface area contributed by atoms with Crippen molar-refractivity contribution in [2.75, 3.05) is 12.4 Å². The Hall–Kier alpha value is -1.60. The van der Waals surface area contributed by atoms with Crippen molar-refractivity contribution in [2.24, 2.45) is 5.92 Å². The summed E-state index contributed by atoms with van der Waals surface area (Å²) in [5.74, 6) is 0.491. The van der Waals surface area contributed by atoms with E-state index in [9.17, 15) is 9.59 Å². The summed E-state index contributed by atoms with van der Waals surface area (Å²) < 4.78 is 6.58. The summed E-state index contributed by atoms with van der Waals surface area (Å²) in [6.07, 6.45) is 4.75. The number of esters is 1. The summed E-state index contributed by atoms with van der Waals surface area (Å²) in [5.41, 5.74) is 1.15. The van der Waals surface area contributed by atoms with Gasteiger partial charge in [-0.15, -0.1) is 17.9 Å². The van der Waals surface area contributed by atoms with E-state index in [0.29, 0.717) is 24.2 Å². The van der Waals surface area contributed by atoms with Gasteiger partial charge in [-0.1, -0.05) is 24.8 Å². The van der Waals surface area contributed by atoms with Crippen LogP contribution in [0, 0.1) is 5.92 Å². The van der Waals surface area contributed by atoms with E-state index < -0.39 is 0 Å². The van der Waals surface area contributed by atoms with E-state index in [1.807, 2.05) is 0 Å². The predicted octanol–water partition coefficient (Wildman–Crippen LogP) is 3.42. The Bertz CT molecular complexity index is 869. The third-order valence-electron chi connectivity index (χ3n) is 4.32. The Labute approximate surface area is 155 Å². The van der Waals surface area contributed by atoms with Crippen LogP contribution in [-0.4, -0.2) is 27.9 Å². The second kappa shape index (κ2) is 7.74. The Balaban J connectivity index is 2.04. The average Bonchev–Trinajstić information content (AvgIpc) is 2.93. The smallest absolute Gasteiger partial charge is 0.316 e. The van der Waals surface area contributed by atoms with E-state index in [2.05, 4.69) is 13.5 Å². The van der Waals surface area contributed by atoms with Crippen LogP contribution in [0.3, 0.4) is 0 Å². The zero-order valence-corrected chi connectivity index (χ0v) is 16.2. The average molecular weight is 379 g/mol. The number of thiophene rings is 1. The second-order valence-electron chi connectivity index (χ2n) is 6.22. The highest BCUT2D eigenvalue weighted by molar-refractivity contribution is 7.99. The number of aryl methyl sites for hydroxylation is 1. The van der Waals surface area contributed by atoms with E-state index in [1.54, 1.807) is 28.9 Å². The molecule has 5 nitrogen and oxygen atoms in total. The molecule has 7 heteroatoms. The lowest BCUT2D eigenvalue weighted by Crippen LogP contribution is -2.24. The van der Waals surface area contributed by atoms with Crippen LogP contribution >= 0.6 is 23.1 Å². The van der Waals surface area contributed by atoms with Gasteiger partial charge in [-0.05, 0) is 37.7 Å². The molecule has 1 unspecified atom stereocenters. The summed E-state index contributed by atoms with van der Waals surface area (Å²) in [6.45, 7) is 8.50. The largest absolute Gasteiger partial charge is 0.465 e. The van der Waals surface area contributed by atoms with Gasteiger partial charge in [-0.25, -0.2) is 4.98 Å². The Morgan fingerprint density at radius 1 is 1.56 bits per heavy atom. The van der Waals surface area contributed by atoms with Crippen molar-refractivity contribution >= 4 is 39.3 Å². The van der Waals surface area contributed by atoms with Gasteiger partial charge < -0.3 is 4.74 Å². The van der Waals surface area contributed by atoms with Crippen LogP contribution in [-0.2, 0) is 28.9 Å². The van der Waals surface area contributed by atoms with Crippen molar-refractivity contribution in [1.82, 2.24) is 9.55 Å². The number of nitrogens with zero attached hydrogens (tertiary/aromatic N) is 2. The van der Waals surface area contributed by atoms with E-state index in [4.69, 9.17) is 9.72 Å². The number of carbonyl (C=O) groups excluding carboxylic acids is 1. The highest BCUT2D eigenvalue weighted by atomic mass is 32.2. The van der Waals surface area contributed by atoms with E-state index >= 15 is 0 Å². The van der Waals surface area contributed by atoms with Crippen molar-refractivity contribution in [3.8, 4) is 0 Å². The van der Waals surface area contributed by atoms with Gasteiger partial charge in [0, 0.05) is 11.4 Å². The molecule has 0 saturated carbocycles. The van der Waals surface area contributed by atoms with Crippen LogP contribution in [0.25, 0.3) is 10.2 Å². The van der Waals surface area contributed by atoms with Crippen LogP contribution < -0.4 is 5.56 Å². The number of rotatable bonds is 6. The highest BCUT2D eigenvalue weighted by Crippen LogP contribution is 2.36. The molecule has 1 atom stereocenters. The maximum absolute atomic E-state index is 13.1. The first-order chi connectivity index (χ1) is 12.0. The SMILES string of the molecule is C=CCn1c(SCC(=O)OCC)nc2sc3c(c2c1=O)CCC(C)C3. The first kappa shape index (κ1) is 18.2. The predicted molar refractivity (Wildman–Crippen MR) is 103 cm³/mol. The van der Waals surface area contributed by atoms with Gasteiger partial charge in [0.25, 0.3) is 5.56 Å². The van der Waals surface area contributed by atoms with Crippen molar-refractivity contribution in [1.29, 1.82) is 0 Å². The number of aromatic nitrogens is 2. The third kappa shape index (κ3) is 3.67. The number of allylic oxidation sites excluding steroid dienone is 1. The standard InChI is InChI=1S/C18H22N2O3S2/c1-4-8-20-17(22)15-12-7-6-11(3)9-13(12)25-16(15)19-18(20)24-10-14(21)23-5-2/h4,11H,1,5-10H2,2-3H3. The van der Waals surface area contributed by atoms with E-state index in [0.717, 1.165) is 29.5 Å². The monoisotopic (exact) mass is 378 g/mol. The molecule has 0 radical (unpaired) electrons. The first-order valence-corrected chi connectivity index (χ1v) is 10.3. The maximum Gasteiger partial charge on any atom is 0.316 e. The zero-order valence-electron chi connectivity index (χ0n) is 14.5. The Morgan fingerprint density at radius 3 is 3.08 bits per heavy atom. The highest BCUT2D eigenvalue weighted by Gasteiger charge is 2.24. The second-order valence-corrected chi connectivity index (χ2v) is 8.25. The number of fused-ring (bicyclic) bond motifs is 3. The fourth-order valence-electron chi connectivity index (χ4n) is 3.13. The van der Waals surface area contributed by atoms with Gasteiger partial charge in [0.05, 0.1) is 17.7 Å². The maximum atomic E-state index is 13.1. The number of carbonyl (C=O) groups is 1. The fourth-order valence-corrected chi connectivity index (χ4v) is 5.36. The molecule has 0 aromatic carbocycles. The molecule has 2 heterocycles. The molecule has 25 heavy (non-hydrogen) atoms. The summed E-state index contributed by atoms with van der Waals surface area (Å²) in [6, 6.07) is 0. The minimum atomic E-state index is -0.300. The molecule has 3 rings (SSSR count). The van der Waals surface area contributed by atoms with Crippen LogP contribution in [0.2, 0.25) is 0 Å². The molecule has 0 fully saturated rings. The minimum absolute atomic E-state index is 0.0247. The molecule has 134 valence electrons. The number of hydrogen-bond acceptors (Lipinski definition) is 6. The van der Waals surface area contributed by atoms with Crippen molar-refractivity contribution < 1.29 is 9.53 Å². The number of thioether (sulfide) groups is 1. The molecule has 0 N–H and O–H groups in total. The van der Waals surface area contributed by atoms with E-state index in [-0.39, 0.29) is 17.3 Å². The van der Waals surface area contributed by atoms with Gasteiger partial charge in [-0.3, -0.25) is 14.2 Å². The Kier molecular flexibility index (Phi) is 5.64. The van der Waals surface area contributed by atoms with Gasteiger partial charge in [-0.2, -0.15) is 0 Å². The summed E-state index contributed by atoms with van der Waals surface area (Å²) in [7, 11) is 0. The quantitative estimate of drug-likeness (QED) is 0.334. The summed E-state index contributed by atoms with van der Waals surface area (Å²) >= 11 is 2.87. The van der Waals surface area contributed by atoms with Crippen molar-refractivity contribution in [2.45, 2.75) is 44.8 Å². The number of ether oxygens (including phenoxy) is 1. The Morgan fingerprint density at radius 2 is 2.36 bits per heavy atom.